The fourth-order valence-electron chi connectivity index (χ4n) is 5.12. The van der Waals surface area contributed by atoms with Crippen molar-refractivity contribution in [1.29, 1.82) is 0 Å². The van der Waals surface area contributed by atoms with Crippen LogP contribution in [0.2, 0.25) is 0 Å². The van der Waals surface area contributed by atoms with E-state index in [1.165, 1.54) is 11.6 Å². The molecule has 4 N–H and O–H groups in total. The number of aliphatic hydroxyl groups is 2. The summed E-state index contributed by atoms with van der Waals surface area (Å²) in [6, 6.07) is 21.2. The van der Waals surface area contributed by atoms with Crippen LogP contribution in [0.1, 0.15) is 91.7 Å². The van der Waals surface area contributed by atoms with E-state index < -0.39 is 85.9 Å². The third-order valence-corrected chi connectivity index (χ3v) is 11.1. The van der Waals surface area contributed by atoms with Crippen molar-refractivity contribution < 1.29 is 135 Å². The van der Waals surface area contributed by atoms with Crippen molar-refractivity contribution in [3.05, 3.63) is 115 Å². The molecular weight excluding hydrogens is 1200 g/mol. The summed E-state index contributed by atoms with van der Waals surface area (Å²) >= 11 is 0. The number of carboxylic acids is 2. The van der Waals surface area contributed by atoms with Crippen molar-refractivity contribution in [2.75, 3.05) is 52.9 Å². The zero-order valence-corrected chi connectivity index (χ0v) is 48.8. The lowest BCUT2D eigenvalue weighted by atomic mass is 9.91. The molecule has 0 radical (unpaired) electrons. The maximum Gasteiger partial charge on any atom is 0.456 e. The Balaban J connectivity index is -0.000000521. The molecule has 0 saturated carbocycles. The molecule has 0 fully saturated rings. The van der Waals surface area contributed by atoms with Gasteiger partial charge in [-0.3, -0.25) is 14.3 Å². The Morgan fingerprint density at radius 3 is 1.32 bits per heavy atom. The van der Waals surface area contributed by atoms with Crippen molar-refractivity contribution in [2.45, 2.75) is 105 Å². The molecule has 0 aliphatic carbocycles. The van der Waals surface area contributed by atoms with Gasteiger partial charge in [-0.25, -0.2) is 19.2 Å². The standard InChI is InChI=1S/C19H19F5O3.C17H13F5O3.C8H16O3.C6H10O3.C5H10O2.C3H4O2.F2.FH/c1-3-12(2)13-4-5-15-9-16(7-6-14(15)8-13)26-10-17(25)27-11-18(20,21)19(22,23)24;1-2-11-3-4-13-8-14(6-5-12(13)7-11)24-9-15(23)25-10-16(18,19)17(20,21)22;1-4-8(2,3)7(10)11-6-5-9;1-5(2)6(8)9-4-3-7;1-3-4(2)5(6)7;1-2-3(4)5;1-2;/h4-9,12H,3,10-11H2,1-2H3;2-8H,1,9-10H2;9H,4-6H2,1-3H3;7H,1,3-4H2,2H3;4H,3H2,1-2H3,(H,6,7);2H,1H2,(H,4,5);;1H. The van der Waals surface area contributed by atoms with Crippen molar-refractivity contribution in [2.24, 2.45) is 11.3 Å². The van der Waals surface area contributed by atoms with Gasteiger partial charge in [-0.2, -0.15) is 43.9 Å². The molecule has 0 aliphatic rings. The molecule has 4 aromatic carbocycles. The van der Waals surface area contributed by atoms with E-state index in [1.807, 2.05) is 58.0 Å². The summed E-state index contributed by atoms with van der Waals surface area (Å²) in [5.74, 6) is -14.5. The number of hydrogen-bond donors (Lipinski definition) is 4. The summed E-state index contributed by atoms with van der Waals surface area (Å²) in [4.78, 5) is 63.4. The molecule has 0 aromatic heterocycles. The van der Waals surface area contributed by atoms with E-state index in [0.29, 0.717) is 11.5 Å². The highest BCUT2D eigenvalue weighted by Gasteiger charge is 2.59. The van der Waals surface area contributed by atoms with Gasteiger partial charge in [0, 0.05) is 20.8 Å². The van der Waals surface area contributed by atoms with Crippen LogP contribution in [0.25, 0.3) is 27.6 Å². The zero-order chi connectivity index (χ0) is 67.2. The molecule has 4 rings (SSSR count). The summed E-state index contributed by atoms with van der Waals surface area (Å²) in [5.41, 5.74) is 2.03. The van der Waals surface area contributed by atoms with Gasteiger partial charge >= 0.3 is 60.0 Å². The van der Waals surface area contributed by atoms with E-state index in [-0.39, 0.29) is 54.5 Å². The number of halogens is 13. The monoisotopic (exact) mass is 1270 g/mol. The summed E-state index contributed by atoms with van der Waals surface area (Å²) in [6.07, 6.45) is -6.58. The molecule has 0 heterocycles. The number of benzene rings is 4. The number of aliphatic hydroxyl groups excluding tert-OH is 2. The molecule has 2 atom stereocenters. The first-order valence-corrected chi connectivity index (χ1v) is 25.4. The molecule has 2 unspecified atom stereocenters. The van der Waals surface area contributed by atoms with Gasteiger partial charge in [-0.05, 0) is 109 Å². The number of carbonyl (C=O) groups is 6. The van der Waals surface area contributed by atoms with Gasteiger partial charge in [0.05, 0.1) is 24.5 Å². The van der Waals surface area contributed by atoms with Crippen LogP contribution in [0.15, 0.2) is 104 Å². The minimum Gasteiger partial charge on any atom is -0.482 e. The average Bonchev–Trinajstić information content (AvgIpc) is 3.63. The van der Waals surface area contributed by atoms with Crippen molar-refractivity contribution in [3.63, 3.8) is 0 Å². The first kappa shape index (κ1) is 85.5. The average molecular weight is 1270 g/mol. The molecule has 492 valence electrons. The lowest BCUT2D eigenvalue weighted by Crippen LogP contribution is -2.41. The fourth-order valence-corrected chi connectivity index (χ4v) is 5.12. The Kier molecular flexibility index (Phi) is 42.1. The molecule has 0 saturated heterocycles. The number of ether oxygens (including phenoxy) is 6. The van der Waals surface area contributed by atoms with Gasteiger partial charge in [0.15, 0.2) is 26.4 Å². The smallest absolute Gasteiger partial charge is 0.456 e. The molecule has 0 aliphatic heterocycles. The number of esters is 4. The molecule has 4 aromatic rings. The summed E-state index contributed by atoms with van der Waals surface area (Å²) < 4.78 is 166. The first-order valence-electron chi connectivity index (χ1n) is 25.4. The maximum atomic E-state index is 12.7. The van der Waals surface area contributed by atoms with E-state index in [1.54, 1.807) is 56.3 Å². The van der Waals surface area contributed by atoms with Gasteiger partial charge in [-0.15, -0.1) is 0 Å². The predicted molar refractivity (Wildman–Crippen MR) is 296 cm³/mol. The number of alkyl halides is 10. The maximum absolute atomic E-state index is 12.7. The number of hydrogen-bond acceptors (Lipinski definition) is 14. The largest absolute Gasteiger partial charge is 0.482 e. The molecule has 0 spiro atoms. The number of rotatable bonds is 23. The Hall–Kier alpha value is -7.95. The number of carbonyl (C=O) groups excluding carboxylic acids is 4. The van der Waals surface area contributed by atoms with Gasteiger partial charge in [0.25, 0.3) is 0 Å². The Labute approximate surface area is 493 Å². The minimum absolute atomic E-state index is 0. The SMILES string of the molecule is C=C(C)C(=O)OCCO.C=CC(=O)O.C=Cc1ccc2cc(OCC(=O)OCC(F)(F)C(F)(F)F)ccc2c1.CCC(C)(C)C(=O)OCCO.CCC(C)C(=O)O.CCC(C)c1ccc2cc(OCC(=O)OCC(F)(F)C(F)(F)F)ccc2c1.F.FF. The van der Waals surface area contributed by atoms with Crippen molar-refractivity contribution in [3.8, 4) is 11.5 Å². The van der Waals surface area contributed by atoms with E-state index in [2.05, 4.69) is 47.8 Å². The Morgan fingerprint density at radius 2 is 0.989 bits per heavy atom. The van der Waals surface area contributed by atoms with Crippen LogP contribution in [0.3, 0.4) is 0 Å². The highest BCUT2D eigenvalue weighted by molar-refractivity contribution is 5.87. The van der Waals surface area contributed by atoms with Gasteiger partial charge in [-0.1, -0.05) is 103 Å². The molecule has 16 nitrogen and oxygen atoms in total. The van der Waals surface area contributed by atoms with E-state index in [4.69, 9.17) is 43.8 Å². The lowest BCUT2D eigenvalue weighted by Gasteiger charge is -2.19. The highest BCUT2D eigenvalue weighted by Crippen LogP contribution is 2.37. The topological polar surface area (TPSA) is 239 Å². The van der Waals surface area contributed by atoms with Crippen LogP contribution in [-0.4, -0.2) is 133 Å². The Morgan fingerprint density at radius 1 is 0.598 bits per heavy atom. The third-order valence-electron chi connectivity index (χ3n) is 11.1. The van der Waals surface area contributed by atoms with E-state index >= 15 is 0 Å². The van der Waals surface area contributed by atoms with Gasteiger partial charge < -0.3 is 48.8 Å². The second-order valence-corrected chi connectivity index (χ2v) is 18.3. The minimum atomic E-state index is -5.78. The predicted octanol–water partition coefficient (Wildman–Crippen LogP) is 13.5. The third kappa shape index (κ3) is 35.3. The number of carboxylic acid groups (broad SMARTS) is 2. The summed E-state index contributed by atoms with van der Waals surface area (Å²) in [6.45, 7) is 19.1. The van der Waals surface area contributed by atoms with Gasteiger partial charge in [0.1, 0.15) is 24.7 Å². The summed E-state index contributed by atoms with van der Waals surface area (Å²) in [5, 5.41) is 35.8. The number of aliphatic carboxylic acids is 2. The second-order valence-electron chi connectivity index (χ2n) is 18.3. The second kappa shape index (κ2) is 42.8. The van der Waals surface area contributed by atoms with Crippen LogP contribution >= 0.6 is 0 Å². The molecule has 0 amide bonds. The van der Waals surface area contributed by atoms with Crippen molar-refractivity contribution >= 4 is 63.4 Å². The quantitative estimate of drug-likeness (QED) is 0.0234. The van der Waals surface area contributed by atoms with Crippen LogP contribution in [0, 0.1) is 11.3 Å². The highest BCUT2D eigenvalue weighted by atomic mass is 20.0. The zero-order valence-electron chi connectivity index (χ0n) is 48.8. The van der Waals surface area contributed by atoms with E-state index in [9.17, 15) is 72.7 Å². The van der Waals surface area contributed by atoms with Crippen LogP contribution in [0.5, 0.6) is 11.5 Å². The van der Waals surface area contributed by atoms with Crippen LogP contribution in [-0.2, 0) is 47.7 Å². The normalized spacial score (nSPS) is 11.5. The van der Waals surface area contributed by atoms with Crippen molar-refractivity contribution in [1.82, 2.24) is 0 Å². The Bertz CT molecular complexity index is 2750. The van der Waals surface area contributed by atoms with Crippen LogP contribution < -0.4 is 9.47 Å². The molecular formula is C58H73F13O16. The van der Waals surface area contributed by atoms with Crippen LogP contribution in [0.4, 0.5) is 57.8 Å². The molecule has 87 heavy (non-hydrogen) atoms. The van der Waals surface area contributed by atoms with E-state index in [0.717, 1.165) is 52.4 Å². The summed E-state index contributed by atoms with van der Waals surface area (Å²) in [7, 11) is 0. The van der Waals surface area contributed by atoms with Gasteiger partial charge in [0.2, 0.25) is 0 Å². The number of fused-ring (bicyclic) bond motifs is 2. The molecule has 0 bridgehead atoms. The molecule has 29 heteroatoms. The lowest BCUT2D eigenvalue weighted by molar-refractivity contribution is -0.294. The fraction of sp³-hybridized carbons (Fsp3) is 0.448. The first-order chi connectivity index (χ1) is 39.8.